The highest BCUT2D eigenvalue weighted by molar-refractivity contribution is 6.12. The Morgan fingerprint density at radius 2 is 1.85 bits per heavy atom. The van der Waals surface area contributed by atoms with E-state index in [2.05, 4.69) is 16.3 Å². The molecule has 0 radical (unpaired) electrons. The smallest absolute Gasteiger partial charge is 0.164 e. The van der Waals surface area contributed by atoms with Gasteiger partial charge in [0.15, 0.2) is 17.1 Å². The van der Waals surface area contributed by atoms with E-state index < -0.39 is 0 Å². The minimum absolute atomic E-state index is 0.608. The molecule has 0 aliphatic carbocycles. The Labute approximate surface area is 150 Å². The van der Waals surface area contributed by atoms with Gasteiger partial charge in [-0.3, -0.25) is 5.10 Å². The molecular formula is C20H16N4O2. The number of benzene rings is 2. The molecule has 0 aliphatic heterocycles. The van der Waals surface area contributed by atoms with Crippen LogP contribution in [-0.2, 0) is 0 Å². The Morgan fingerprint density at radius 3 is 2.50 bits per heavy atom. The number of hydrogen-bond acceptors (Lipinski definition) is 5. The van der Waals surface area contributed by atoms with Gasteiger partial charge in [-0.15, -0.1) is 0 Å². The van der Waals surface area contributed by atoms with Gasteiger partial charge in [0.25, 0.3) is 0 Å². The number of ether oxygens (including phenoxy) is 2. The normalized spacial score (nSPS) is 10.8. The SMILES string of the molecule is COc1cc2c(-c3ccc(C#N)cc3)nc3[nH]ncc3c2c(C)c1OC. The van der Waals surface area contributed by atoms with Crippen molar-refractivity contribution in [3.63, 3.8) is 0 Å². The van der Waals surface area contributed by atoms with Crippen LogP contribution in [-0.4, -0.2) is 29.4 Å². The van der Waals surface area contributed by atoms with Gasteiger partial charge >= 0.3 is 0 Å². The summed E-state index contributed by atoms with van der Waals surface area (Å²) < 4.78 is 11.1. The first-order valence-electron chi connectivity index (χ1n) is 8.06. The molecule has 0 unspecified atom stereocenters. The molecule has 0 atom stereocenters. The van der Waals surface area contributed by atoms with Crippen LogP contribution in [0.15, 0.2) is 36.5 Å². The van der Waals surface area contributed by atoms with Crippen LogP contribution in [0.2, 0.25) is 0 Å². The van der Waals surface area contributed by atoms with Gasteiger partial charge in [0.2, 0.25) is 0 Å². The van der Waals surface area contributed by atoms with Gasteiger partial charge in [0, 0.05) is 27.3 Å². The number of aromatic nitrogens is 3. The molecular weight excluding hydrogens is 328 g/mol. The fraction of sp³-hybridized carbons (Fsp3) is 0.150. The molecule has 1 N–H and O–H groups in total. The number of nitrogens with zero attached hydrogens (tertiary/aromatic N) is 3. The summed E-state index contributed by atoms with van der Waals surface area (Å²) >= 11 is 0. The predicted octanol–water partition coefficient (Wildman–Crippen LogP) is 3.98. The van der Waals surface area contributed by atoms with E-state index in [1.165, 1.54) is 0 Å². The van der Waals surface area contributed by atoms with Crippen molar-refractivity contribution < 1.29 is 9.47 Å². The van der Waals surface area contributed by atoms with Crippen molar-refractivity contribution >= 4 is 21.8 Å². The molecule has 0 bridgehead atoms. The van der Waals surface area contributed by atoms with Gasteiger partial charge in [-0.1, -0.05) is 12.1 Å². The third-order valence-corrected chi connectivity index (χ3v) is 4.56. The lowest BCUT2D eigenvalue weighted by Crippen LogP contribution is -1.97. The molecule has 0 saturated carbocycles. The number of aryl methyl sites for hydroxylation is 1. The van der Waals surface area contributed by atoms with E-state index in [1.807, 2.05) is 25.1 Å². The molecule has 2 aromatic heterocycles. The summed E-state index contributed by atoms with van der Waals surface area (Å²) in [7, 11) is 3.25. The minimum Gasteiger partial charge on any atom is -0.493 e. The Morgan fingerprint density at radius 1 is 1.08 bits per heavy atom. The van der Waals surface area contributed by atoms with Crippen LogP contribution in [0, 0.1) is 18.3 Å². The molecule has 6 nitrogen and oxygen atoms in total. The highest BCUT2D eigenvalue weighted by Gasteiger charge is 2.19. The van der Waals surface area contributed by atoms with E-state index in [-0.39, 0.29) is 0 Å². The number of nitrogens with one attached hydrogen (secondary N) is 1. The number of hydrogen-bond donors (Lipinski definition) is 1. The number of aromatic amines is 1. The fourth-order valence-electron chi connectivity index (χ4n) is 3.35. The Kier molecular flexibility index (Phi) is 3.70. The first kappa shape index (κ1) is 15.9. The first-order chi connectivity index (χ1) is 12.7. The molecule has 4 aromatic rings. The second-order valence-corrected chi connectivity index (χ2v) is 5.94. The molecule has 2 aromatic carbocycles. The Bertz CT molecular complexity index is 1170. The lowest BCUT2D eigenvalue weighted by atomic mass is 9.97. The van der Waals surface area contributed by atoms with Crippen molar-refractivity contribution in [1.82, 2.24) is 15.2 Å². The number of fused-ring (bicyclic) bond motifs is 3. The van der Waals surface area contributed by atoms with Crippen LogP contribution >= 0.6 is 0 Å². The standard InChI is InChI=1S/C20H16N4O2/c1-11-17-14(8-16(25-2)19(11)26-3)18(23-20-15(17)10-22-24-20)13-6-4-12(9-21)5-7-13/h4-8,10H,1-3H3,(H,22,23,24). The van der Waals surface area contributed by atoms with Gasteiger partial charge in [-0.2, -0.15) is 10.4 Å². The largest absolute Gasteiger partial charge is 0.493 e. The summed E-state index contributed by atoms with van der Waals surface area (Å²) in [6, 6.07) is 11.4. The maximum absolute atomic E-state index is 9.04. The topological polar surface area (TPSA) is 83.8 Å². The Hall–Kier alpha value is -3.59. The van der Waals surface area contributed by atoms with E-state index in [0.717, 1.165) is 33.0 Å². The molecule has 2 heterocycles. The summed E-state index contributed by atoms with van der Waals surface area (Å²) in [6.45, 7) is 2.00. The van der Waals surface area contributed by atoms with Crippen LogP contribution in [0.25, 0.3) is 33.1 Å². The van der Waals surface area contributed by atoms with E-state index in [9.17, 15) is 0 Å². The highest BCUT2D eigenvalue weighted by Crippen LogP contribution is 2.42. The predicted molar refractivity (Wildman–Crippen MR) is 99.4 cm³/mol. The zero-order valence-corrected chi connectivity index (χ0v) is 14.6. The second kappa shape index (κ2) is 6.05. The molecule has 0 spiro atoms. The van der Waals surface area contributed by atoms with Crippen molar-refractivity contribution in [3.8, 4) is 28.8 Å². The molecule has 0 saturated heterocycles. The average Bonchev–Trinajstić information content (AvgIpc) is 3.15. The maximum atomic E-state index is 9.04. The van der Waals surface area contributed by atoms with Crippen LogP contribution in [0.1, 0.15) is 11.1 Å². The fourth-order valence-corrected chi connectivity index (χ4v) is 3.35. The van der Waals surface area contributed by atoms with E-state index in [1.54, 1.807) is 32.5 Å². The minimum atomic E-state index is 0.608. The lowest BCUT2D eigenvalue weighted by Gasteiger charge is -2.16. The van der Waals surface area contributed by atoms with Gasteiger partial charge in [0.05, 0.1) is 37.7 Å². The van der Waals surface area contributed by atoms with Gasteiger partial charge < -0.3 is 9.47 Å². The van der Waals surface area contributed by atoms with Crippen LogP contribution in [0.5, 0.6) is 11.5 Å². The van der Waals surface area contributed by atoms with Crippen LogP contribution in [0.4, 0.5) is 0 Å². The highest BCUT2D eigenvalue weighted by atomic mass is 16.5. The number of rotatable bonds is 3. The number of H-pyrrole nitrogens is 1. The molecule has 6 heteroatoms. The van der Waals surface area contributed by atoms with Gasteiger partial charge in [0.1, 0.15) is 0 Å². The van der Waals surface area contributed by atoms with Crippen LogP contribution < -0.4 is 9.47 Å². The molecule has 0 fully saturated rings. The summed E-state index contributed by atoms with van der Waals surface area (Å²) in [6.07, 6.45) is 1.77. The summed E-state index contributed by atoms with van der Waals surface area (Å²) in [5, 5.41) is 19.0. The monoisotopic (exact) mass is 344 g/mol. The van der Waals surface area contributed by atoms with Crippen molar-refractivity contribution in [3.05, 3.63) is 47.7 Å². The maximum Gasteiger partial charge on any atom is 0.164 e. The summed E-state index contributed by atoms with van der Waals surface area (Å²) in [5.74, 6) is 1.34. The molecule has 0 amide bonds. The Balaban J connectivity index is 2.14. The van der Waals surface area contributed by atoms with E-state index in [4.69, 9.17) is 19.7 Å². The number of pyridine rings is 1. The summed E-state index contributed by atoms with van der Waals surface area (Å²) in [4.78, 5) is 4.76. The van der Waals surface area contributed by atoms with E-state index in [0.29, 0.717) is 22.7 Å². The third-order valence-electron chi connectivity index (χ3n) is 4.56. The average molecular weight is 344 g/mol. The van der Waals surface area contributed by atoms with Crippen molar-refractivity contribution in [2.45, 2.75) is 6.92 Å². The van der Waals surface area contributed by atoms with Crippen molar-refractivity contribution in [2.75, 3.05) is 14.2 Å². The molecule has 26 heavy (non-hydrogen) atoms. The van der Waals surface area contributed by atoms with Crippen molar-refractivity contribution in [1.29, 1.82) is 5.26 Å². The molecule has 4 rings (SSSR count). The van der Waals surface area contributed by atoms with Gasteiger partial charge in [-0.25, -0.2) is 4.98 Å². The van der Waals surface area contributed by atoms with Crippen molar-refractivity contribution in [2.24, 2.45) is 0 Å². The van der Waals surface area contributed by atoms with Crippen LogP contribution in [0.3, 0.4) is 0 Å². The van der Waals surface area contributed by atoms with E-state index >= 15 is 0 Å². The zero-order chi connectivity index (χ0) is 18.3. The third kappa shape index (κ3) is 2.25. The zero-order valence-electron chi connectivity index (χ0n) is 14.6. The van der Waals surface area contributed by atoms with Gasteiger partial charge in [-0.05, 0) is 25.1 Å². The number of methoxy groups -OCH3 is 2. The first-order valence-corrected chi connectivity index (χ1v) is 8.06. The second-order valence-electron chi connectivity index (χ2n) is 5.94. The number of nitriles is 1. The summed E-state index contributed by atoms with van der Waals surface area (Å²) in [5.41, 5.74) is 3.98. The molecule has 128 valence electrons. The quantitative estimate of drug-likeness (QED) is 0.608. The molecule has 0 aliphatic rings. The lowest BCUT2D eigenvalue weighted by molar-refractivity contribution is 0.354.